The third kappa shape index (κ3) is 35.1. The molecule has 13 saturated carbocycles. The van der Waals surface area contributed by atoms with Crippen molar-refractivity contribution < 1.29 is 8.22 Å². The van der Waals surface area contributed by atoms with E-state index in [9.17, 15) is 0 Å². The summed E-state index contributed by atoms with van der Waals surface area (Å²) >= 11 is 0. The fourth-order valence-corrected chi connectivity index (χ4v) is 20.5. The highest BCUT2D eigenvalue weighted by atomic mass is 14.6. The van der Waals surface area contributed by atoms with E-state index in [1.165, 1.54) is 173 Å². The Labute approximate surface area is 587 Å². The molecule has 13 rings (SSSR count). The van der Waals surface area contributed by atoms with Crippen LogP contribution in [0.15, 0.2) is 0 Å². The van der Waals surface area contributed by atoms with Crippen molar-refractivity contribution >= 4 is 0 Å². The van der Waals surface area contributed by atoms with Crippen molar-refractivity contribution in [3.63, 3.8) is 0 Å². The Balaban J connectivity index is 0.000000287. The molecule has 0 saturated heterocycles. The Kier molecular flexibility index (Phi) is 32.3. The predicted octanol–water partition coefficient (Wildman–Crippen LogP) is 32.1. The van der Waals surface area contributed by atoms with Gasteiger partial charge in [-0.05, 0) is 274 Å². The van der Waals surface area contributed by atoms with Gasteiger partial charge in [0.15, 0.2) is 0 Å². The molecule has 0 aromatic heterocycles. The normalized spacial score (nSPS) is 31.7. The monoisotopic (exact) mass is 1280 g/mol. The van der Waals surface area contributed by atoms with Crippen LogP contribution in [0.25, 0.3) is 0 Å². The smallest absolute Gasteiger partial charge is 0.0300 e. The van der Waals surface area contributed by atoms with Gasteiger partial charge >= 0.3 is 0 Å². The lowest BCUT2D eigenvalue weighted by molar-refractivity contribution is -0.0545. The Morgan fingerprint density at radius 1 is 0.385 bits per heavy atom. The second-order valence-corrected chi connectivity index (χ2v) is 41.9. The quantitative estimate of drug-likeness (QED) is 0.259. The molecule has 4 bridgehead atoms. The predicted molar refractivity (Wildman–Crippen MR) is 415 cm³/mol. The molecule has 0 heteroatoms. The molecule has 13 aliphatic carbocycles. The molecular weight excluding hydrogens is 1090 g/mol. The van der Waals surface area contributed by atoms with Gasteiger partial charge in [0.1, 0.15) is 0 Å². The standard InChI is InChI=1S/C16H30.C14H26.C12H20.C12H22.C11H20.C6H12.C6H14.2C5H12.C4H10/c1-13-6-8-16(9-7-13)11-14(2,3)10-15(4,5)12-16;1-12-4-6-14(7-5-12)10-8-13(2,3)9-11-14;1-2-12-6-9-3-10(7-12)5-11(4-9)8-12;1-11-5-9-12(10-6-11)7-3-2-4-8-12;1-10-4-8-11(9-5-10)6-2-3-7-11;1-6-4-2-3-5-6;1-5-6(2,3)4;1-5(2,3)4;1-4-5(2)3;1-4(2)3/h13H,6-12H2,1-5H3;12H,4-11H2,1-3H3;9-11H,2-8H2,1H3;11H,2-10H2,1H3;10H,2-9H2,1H3;6H,2-5H2,1H3;5H2,1-4H3;1-4H3;5H,4H2,1-3H3;4H,1-3H3/i;;;;;6D;5D2;;4D2;4D. The van der Waals surface area contributed by atoms with Crippen LogP contribution in [-0.2, 0) is 0 Å². The Bertz CT molecular complexity index is 1980. The van der Waals surface area contributed by atoms with Crippen molar-refractivity contribution in [2.75, 3.05) is 0 Å². The van der Waals surface area contributed by atoms with Gasteiger partial charge in [0, 0.05) is 8.22 Å². The Morgan fingerprint density at radius 2 is 0.648 bits per heavy atom. The van der Waals surface area contributed by atoms with Gasteiger partial charge in [0.2, 0.25) is 0 Å². The zero-order valence-electron chi connectivity index (χ0n) is 74.0. The van der Waals surface area contributed by atoms with Crippen LogP contribution in [-0.4, -0.2) is 0 Å². The first-order valence-electron chi connectivity index (χ1n) is 44.0. The zero-order chi connectivity index (χ0) is 74.0. The lowest BCUT2D eigenvalue weighted by Gasteiger charge is -2.56. The molecule has 13 aliphatic rings. The van der Waals surface area contributed by atoms with Gasteiger partial charge < -0.3 is 0 Å². The molecule has 542 valence electrons. The summed E-state index contributed by atoms with van der Waals surface area (Å²) in [5.74, 6) is 7.32. The van der Waals surface area contributed by atoms with Crippen LogP contribution >= 0.6 is 0 Å². The van der Waals surface area contributed by atoms with E-state index in [-0.39, 0.29) is 23.1 Å². The summed E-state index contributed by atoms with van der Waals surface area (Å²) in [7, 11) is 0. The van der Waals surface area contributed by atoms with Crippen molar-refractivity contribution in [1.29, 1.82) is 0 Å². The first kappa shape index (κ1) is 75.2. The van der Waals surface area contributed by atoms with E-state index in [4.69, 9.17) is 8.22 Å². The van der Waals surface area contributed by atoms with Crippen LogP contribution in [0, 0.1) is 113 Å². The minimum Gasteiger partial charge on any atom is -0.0651 e. The van der Waals surface area contributed by atoms with Crippen molar-refractivity contribution in [3.05, 3.63) is 0 Å². The molecule has 0 radical (unpaired) electrons. The van der Waals surface area contributed by atoms with Crippen LogP contribution in [0.1, 0.15) is 477 Å². The highest BCUT2D eigenvalue weighted by molar-refractivity contribution is 5.02. The number of hydrogen-bond donors (Lipinski definition) is 0. The fourth-order valence-electron chi connectivity index (χ4n) is 20.5. The fraction of sp³-hybridized carbons (Fsp3) is 1.00. The molecule has 91 heavy (non-hydrogen) atoms. The topological polar surface area (TPSA) is 0 Å². The largest absolute Gasteiger partial charge is 0.0651 e. The first-order valence-corrected chi connectivity index (χ1v) is 41.0. The average Bonchev–Trinajstić information content (AvgIpc) is 1.77. The van der Waals surface area contributed by atoms with Crippen LogP contribution in [0.2, 0.25) is 0 Å². The van der Waals surface area contributed by atoms with Crippen LogP contribution in [0.3, 0.4) is 0 Å². The molecule has 4 spiro atoms. The third-order valence-electron chi connectivity index (χ3n) is 25.9. The first-order chi connectivity index (χ1) is 44.0. The molecule has 0 N–H and O–H groups in total. The van der Waals surface area contributed by atoms with E-state index < -0.39 is 12.7 Å². The maximum absolute atomic E-state index is 7.49. The van der Waals surface area contributed by atoms with Gasteiger partial charge in [-0.1, -0.05) is 308 Å². The van der Waals surface area contributed by atoms with E-state index in [1.807, 2.05) is 62.3 Å². The zero-order valence-corrected chi connectivity index (χ0v) is 68.0. The van der Waals surface area contributed by atoms with Gasteiger partial charge in [-0.15, -0.1) is 0 Å². The number of rotatable bonds is 2. The van der Waals surface area contributed by atoms with Gasteiger partial charge in [-0.3, -0.25) is 0 Å². The SMILES string of the molecule is CC(C)(C)C.CC1CCC2(CC1)CC(C)(C)CC(C)(C)C2.CC1CCC2(CC1)CCC(C)(C)CC2.CC1CCC2(CCCC2)CC1.CC1CCC2(CCCCC2)CC1.CCC12CC3CC(CC(C3)C1)C2.[2H]C(C)(C)C.[2H]C([2H])(C)C(C)(C)C.[2H]C([2H])(C)C(C)C.[2H]C1(C)CCCC1. The summed E-state index contributed by atoms with van der Waals surface area (Å²) in [4.78, 5) is 0. The van der Waals surface area contributed by atoms with Crippen LogP contribution < -0.4 is 0 Å². The lowest BCUT2D eigenvalue weighted by atomic mass is 9.49. The van der Waals surface area contributed by atoms with Crippen molar-refractivity contribution in [2.24, 2.45) is 113 Å². The summed E-state index contributed by atoms with van der Waals surface area (Å²) in [6.45, 7) is 56.0. The maximum atomic E-state index is 7.49. The molecule has 0 aromatic rings. The molecule has 0 aromatic carbocycles. The van der Waals surface area contributed by atoms with Gasteiger partial charge in [0.25, 0.3) is 0 Å². The number of hydrogen-bond acceptors (Lipinski definition) is 0. The average molecular weight is 1280 g/mol. The third-order valence-corrected chi connectivity index (χ3v) is 25.9. The van der Waals surface area contributed by atoms with Gasteiger partial charge in [-0.25, -0.2) is 0 Å². The molecule has 0 nitrogen and oxygen atoms in total. The van der Waals surface area contributed by atoms with E-state index in [2.05, 4.69) is 104 Å². The van der Waals surface area contributed by atoms with Gasteiger partial charge in [0.05, 0.1) is 0 Å². The minimum atomic E-state index is -1.06. The summed E-state index contributed by atoms with van der Waals surface area (Å²) in [6.07, 6.45) is 62.2. The van der Waals surface area contributed by atoms with E-state index in [0.29, 0.717) is 27.1 Å². The second kappa shape index (κ2) is 39.1. The van der Waals surface area contributed by atoms with Crippen molar-refractivity contribution in [1.82, 2.24) is 0 Å². The highest BCUT2D eigenvalue weighted by Crippen LogP contribution is 2.62. The van der Waals surface area contributed by atoms with Crippen LogP contribution in [0.5, 0.6) is 0 Å². The van der Waals surface area contributed by atoms with Crippen molar-refractivity contribution in [3.8, 4) is 0 Å². The molecular formula is C91H178. The lowest BCUT2D eigenvalue weighted by Crippen LogP contribution is -2.45. The molecule has 13 fully saturated rings. The Morgan fingerprint density at radius 3 is 0.890 bits per heavy atom. The molecule has 0 amide bonds. The van der Waals surface area contributed by atoms with Crippen LogP contribution in [0.4, 0.5) is 0 Å². The van der Waals surface area contributed by atoms with Gasteiger partial charge in [-0.2, -0.15) is 0 Å². The summed E-state index contributed by atoms with van der Waals surface area (Å²) in [5, 5.41) is 0. The van der Waals surface area contributed by atoms with E-state index >= 15 is 0 Å². The summed E-state index contributed by atoms with van der Waals surface area (Å²) in [6, 6.07) is 0. The van der Waals surface area contributed by atoms with Crippen molar-refractivity contribution in [2.45, 2.75) is 469 Å². The minimum absolute atomic E-state index is 0.0556. The second-order valence-electron chi connectivity index (χ2n) is 41.9. The summed E-state index contributed by atoms with van der Waals surface area (Å²) < 4.78 is 43.0. The maximum Gasteiger partial charge on any atom is 0.0300 e. The molecule has 0 aliphatic heterocycles. The van der Waals surface area contributed by atoms with E-state index in [1.54, 1.807) is 104 Å². The van der Waals surface area contributed by atoms with E-state index in [0.717, 1.165) is 75.9 Å². The molecule has 0 heterocycles. The highest BCUT2D eigenvalue weighted by Gasteiger charge is 2.50. The Hall–Kier alpha value is 0. The molecule has 0 atom stereocenters. The summed E-state index contributed by atoms with van der Waals surface area (Å²) in [5.41, 5.74) is 6.10. The molecule has 0 unspecified atom stereocenters.